The van der Waals surface area contributed by atoms with Crippen LogP contribution >= 0.6 is 46.7 Å². The van der Waals surface area contributed by atoms with Crippen molar-refractivity contribution in [2.75, 3.05) is 20.1 Å². The summed E-state index contributed by atoms with van der Waals surface area (Å²) in [5.74, 6) is 1.39. The maximum Gasteiger partial charge on any atom is 0.190 e. The van der Waals surface area contributed by atoms with Gasteiger partial charge in [0.2, 0.25) is 0 Å². The molecule has 7 heteroatoms. The van der Waals surface area contributed by atoms with E-state index in [1.807, 2.05) is 25.3 Å². The smallest absolute Gasteiger partial charge is 0.190 e. The normalized spacial score (nSPS) is 12.5. The predicted molar refractivity (Wildman–Crippen MR) is 117 cm³/mol. The van der Waals surface area contributed by atoms with E-state index >= 15 is 0 Å². The number of hydrogen-bond acceptors (Lipinski definition) is 4. The minimum atomic E-state index is 0. The molecule has 24 heavy (non-hydrogen) atoms. The van der Waals surface area contributed by atoms with Crippen LogP contribution in [0.4, 0.5) is 0 Å². The summed E-state index contributed by atoms with van der Waals surface area (Å²) in [6.07, 6.45) is 3.35. The molecule has 2 aromatic rings. The Labute approximate surface area is 170 Å². The van der Waals surface area contributed by atoms with E-state index in [0.717, 1.165) is 44.0 Å². The van der Waals surface area contributed by atoms with Crippen LogP contribution in [0.25, 0.3) is 0 Å². The first kappa shape index (κ1) is 21.4. The van der Waals surface area contributed by atoms with E-state index in [2.05, 4.69) is 50.4 Å². The average Bonchev–Trinajstić information content (AvgIpc) is 3.21. The molecule has 0 radical (unpaired) electrons. The van der Waals surface area contributed by atoms with Gasteiger partial charge in [-0.2, -0.15) is 0 Å². The molecule has 0 bridgehead atoms. The summed E-state index contributed by atoms with van der Waals surface area (Å²) in [6.45, 7) is 6.13. The molecule has 2 heterocycles. The maximum absolute atomic E-state index is 4.50. The standard InChI is InChI=1S/C17H26N4S2.HI/c1-13(15-7-6-10-22-15)11-20-17(18-3)19-9-5-4-8-16-21-14(2)12-23-16;/h6-7,10,12-13H,4-5,8-9,11H2,1-3H3,(H2,18,19,20);1H. The van der Waals surface area contributed by atoms with Crippen molar-refractivity contribution < 1.29 is 0 Å². The molecule has 0 aliphatic carbocycles. The molecule has 0 amide bonds. The van der Waals surface area contributed by atoms with Crippen LogP contribution in [0.15, 0.2) is 27.9 Å². The van der Waals surface area contributed by atoms with Gasteiger partial charge < -0.3 is 10.6 Å². The molecule has 0 saturated heterocycles. The number of halogens is 1. The molecule has 0 saturated carbocycles. The molecule has 2 aromatic heterocycles. The first-order chi connectivity index (χ1) is 11.2. The molecule has 1 unspecified atom stereocenters. The summed E-state index contributed by atoms with van der Waals surface area (Å²) in [6, 6.07) is 4.29. The Hall–Kier alpha value is -0.670. The lowest BCUT2D eigenvalue weighted by Gasteiger charge is -2.15. The van der Waals surface area contributed by atoms with Gasteiger partial charge in [-0.05, 0) is 37.6 Å². The number of aliphatic imine (C=N–C) groups is 1. The lowest BCUT2D eigenvalue weighted by Crippen LogP contribution is -2.39. The predicted octanol–water partition coefficient (Wildman–Crippen LogP) is 4.42. The summed E-state index contributed by atoms with van der Waals surface area (Å²) in [7, 11) is 1.82. The fourth-order valence-electron chi connectivity index (χ4n) is 2.27. The van der Waals surface area contributed by atoms with E-state index in [1.165, 1.54) is 9.88 Å². The highest BCUT2D eigenvalue weighted by atomic mass is 127. The molecule has 0 aromatic carbocycles. The topological polar surface area (TPSA) is 49.3 Å². The van der Waals surface area contributed by atoms with Gasteiger partial charge in [0.25, 0.3) is 0 Å². The van der Waals surface area contributed by atoms with Crippen molar-refractivity contribution in [2.24, 2.45) is 4.99 Å². The minimum Gasteiger partial charge on any atom is -0.356 e. The Balaban J connectivity index is 0.00000288. The lowest BCUT2D eigenvalue weighted by molar-refractivity contribution is 0.674. The maximum atomic E-state index is 4.50. The number of nitrogens with zero attached hydrogens (tertiary/aromatic N) is 2. The Morgan fingerprint density at radius 3 is 2.75 bits per heavy atom. The highest BCUT2D eigenvalue weighted by Crippen LogP contribution is 2.19. The summed E-state index contributed by atoms with van der Waals surface area (Å²) in [5.41, 5.74) is 1.13. The van der Waals surface area contributed by atoms with Crippen molar-refractivity contribution >= 4 is 52.6 Å². The van der Waals surface area contributed by atoms with Crippen LogP contribution in [0, 0.1) is 6.92 Å². The molecule has 0 spiro atoms. The number of thiazole rings is 1. The van der Waals surface area contributed by atoms with E-state index in [1.54, 1.807) is 11.3 Å². The molecule has 2 rings (SSSR count). The fourth-order valence-corrected chi connectivity index (χ4v) is 3.87. The van der Waals surface area contributed by atoms with Crippen molar-refractivity contribution in [2.45, 2.75) is 39.0 Å². The molecule has 2 N–H and O–H groups in total. The van der Waals surface area contributed by atoms with Gasteiger partial charge in [-0.3, -0.25) is 4.99 Å². The largest absolute Gasteiger partial charge is 0.356 e. The zero-order chi connectivity index (χ0) is 16.5. The van der Waals surface area contributed by atoms with Crippen molar-refractivity contribution in [1.82, 2.24) is 15.6 Å². The SMILES string of the molecule is CN=C(NCCCCc1nc(C)cs1)NCC(C)c1cccs1.I. The number of aromatic nitrogens is 1. The van der Waals surface area contributed by atoms with E-state index in [4.69, 9.17) is 0 Å². The van der Waals surface area contributed by atoms with E-state index in [0.29, 0.717) is 5.92 Å². The number of hydrogen-bond donors (Lipinski definition) is 2. The van der Waals surface area contributed by atoms with Crippen LogP contribution in [0.5, 0.6) is 0 Å². The zero-order valence-electron chi connectivity index (χ0n) is 14.5. The second-order valence-electron chi connectivity index (χ2n) is 5.64. The van der Waals surface area contributed by atoms with Crippen LogP contribution in [-0.4, -0.2) is 31.1 Å². The Morgan fingerprint density at radius 1 is 1.29 bits per heavy atom. The molecule has 4 nitrogen and oxygen atoms in total. The second kappa shape index (κ2) is 11.8. The number of aryl methyl sites for hydroxylation is 2. The molecule has 134 valence electrons. The Kier molecular flexibility index (Phi) is 10.5. The van der Waals surface area contributed by atoms with Crippen LogP contribution in [0.3, 0.4) is 0 Å². The van der Waals surface area contributed by atoms with Crippen LogP contribution in [0.2, 0.25) is 0 Å². The average molecular weight is 478 g/mol. The van der Waals surface area contributed by atoms with Crippen LogP contribution in [-0.2, 0) is 6.42 Å². The molecule has 1 atom stereocenters. The van der Waals surface area contributed by atoms with Gasteiger partial charge in [0.05, 0.1) is 5.01 Å². The van der Waals surface area contributed by atoms with E-state index < -0.39 is 0 Å². The fraction of sp³-hybridized carbons (Fsp3) is 0.529. The molecule has 0 aliphatic heterocycles. The van der Waals surface area contributed by atoms with Crippen LogP contribution < -0.4 is 10.6 Å². The van der Waals surface area contributed by atoms with Crippen molar-refractivity contribution in [3.63, 3.8) is 0 Å². The Morgan fingerprint density at radius 2 is 2.12 bits per heavy atom. The third-order valence-corrected chi connectivity index (χ3v) is 5.73. The quantitative estimate of drug-likeness (QED) is 0.256. The lowest BCUT2D eigenvalue weighted by atomic mass is 10.1. The highest BCUT2D eigenvalue weighted by molar-refractivity contribution is 14.0. The third-order valence-electron chi connectivity index (χ3n) is 3.60. The monoisotopic (exact) mass is 478 g/mol. The van der Waals surface area contributed by atoms with Crippen molar-refractivity contribution in [1.29, 1.82) is 0 Å². The molecule has 0 aliphatic rings. The van der Waals surface area contributed by atoms with Gasteiger partial charge in [0.15, 0.2) is 5.96 Å². The second-order valence-corrected chi connectivity index (χ2v) is 7.56. The van der Waals surface area contributed by atoms with Gasteiger partial charge in [0.1, 0.15) is 0 Å². The van der Waals surface area contributed by atoms with Gasteiger partial charge in [-0.25, -0.2) is 4.98 Å². The molecule has 0 fully saturated rings. The minimum absolute atomic E-state index is 0. The summed E-state index contributed by atoms with van der Waals surface area (Å²) in [5, 5.41) is 12.3. The highest BCUT2D eigenvalue weighted by Gasteiger charge is 2.07. The third kappa shape index (κ3) is 7.48. The Bertz CT molecular complexity index is 596. The van der Waals surface area contributed by atoms with Crippen LogP contribution in [0.1, 0.15) is 41.3 Å². The molecular weight excluding hydrogens is 451 g/mol. The van der Waals surface area contributed by atoms with Gasteiger partial charge >= 0.3 is 0 Å². The number of nitrogens with one attached hydrogen (secondary N) is 2. The number of thiophene rings is 1. The first-order valence-corrected chi connectivity index (χ1v) is 9.84. The summed E-state index contributed by atoms with van der Waals surface area (Å²) < 4.78 is 0. The van der Waals surface area contributed by atoms with Gasteiger partial charge in [0, 0.05) is 42.0 Å². The summed E-state index contributed by atoms with van der Waals surface area (Å²) >= 11 is 3.57. The van der Waals surface area contributed by atoms with Crippen molar-refractivity contribution in [3.8, 4) is 0 Å². The van der Waals surface area contributed by atoms with Gasteiger partial charge in [-0.1, -0.05) is 13.0 Å². The number of rotatable bonds is 8. The molecular formula is C17H27IN4S2. The van der Waals surface area contributed by atoms with Crippen molar-refractivity contribution in [3.05, 3.63) is 38.5 Å². The summed E-state index contributed by atoms with van der Waals surface area (Å²) in [4.78, 5) is 10.2. The number of unbranched alkanes of at least 4 members (excludes halogenated alkanes) is 1. The number of guanidine groups is 1. The van der Waals surface area contributed by atoms with Gasteiger partial charge in [-0.15, -0.1) is 46.7 Å². The first-order valence-electron chi connectivity index (χ1n) is 8.08. The van der Waals surface area contributed by atoms with E-state index in [-0.39, 0.29) is 24.0 Å². The zero-order valence-corrected chi connectivity index (χ0v) is 18.5. The van der Waals surface area contributed by atoms with E-state index in [9.17, 15) is 0 Å².